The summed E-state index contributed by atoms with van der Waals surface area (Å²) in [5.74, 6) is -1.00. The summed E-state index contributed by atoms with van der Waals surface area (Å²) in [7, 11) is 0. The van der Waals surface area contributed by atoms with E-state index >= 15 is 0 Å². The van der Waals surface area contributed by atoms with E-state index in [1.807, 2.05) is 0 Å². The molecular weight excluding hydrogens is 176 g/mol. The van der Waals surface area contributed by atoms with Crippen LogP contribution in [0.2, 0.25) is 0 Å². The molecule has 0 radical (unpaired) electrons. The van der Waals surface area contributed by atoms with Gasteiger partial charge in [-0.3, -0.25) is 0 Å². The third-order valence-corrected chi connectivity index (χ3v) is 2.06. The summed E-state index contributed by atoms with van der Waals surface area (Å²) < 4.78 is 31.0. The number of rotatable bonds is 0. The van der Waals surface area contributed by atoms with Crippen molar-refractivity contribution in [3.8, 4) is 5.75 Å². The average Bonchev–Trinajstić information content (AvgIpc) is 2.02. The Hall–Kier alpha value is -1.16. The Morgan fingerprint density at radius 3 is 2.92 bits per heavy atom. The molecule has 4 heteroatoms. The van der Waals surface area contributed by atoms with Crippen LogP contribution in [0.5, 0.6) is 5.75 Å². The molecule has 0 amide bonds. The molecule has 0 aliphatic carbocycles. The van der Waals surface area contributed by atoms with Crippen LogP contribution in [0, 0.1) is 11.6 Å². The molecule has 0 unspecified atom stereocenters. The lowest BCUT2D eigenvalue weighted by molar-refractivity contribution is -0.425. The van der Waals surface area contributed by atoms with E-state index in [0.717, 1.165) is 6.07 Å². The van der Waals surface area contributed by atoms with Crippen LogP contribution in [0.4, 0.5) is 8.78 Å². The number of ether oxygens (including phenoxy) is 1. The van der Waals surface area contributed by atoms with Crippen LogP contribution >= 0.6 is 0 Å². The topological polar surface area (TPSA) is 36.9 Å². The number of fused-ring (bicyclic) bond motifs is 1. The highest BCUT2D eigenvalue weighted by molar-refractivity contribution is 5.37. The molecular formula is C9H10F2NO+. The molecule has 1 atom stereocenters. The molecule has 0 fully saturated rings. The van der Waals surface area contributed by atoms with E-state index in [2.05, 4.69) is 5.73 Å². The van der Waals surface area contributed by atoms with Crippen LogP contribution in [0.1, 0.15) is 5.56 Å². The standard InChI is InChI=1S/C9H9F2NO/c10-6-1-5-2-7(12)4-13-9(5)8(11)3-6/h1,3,7H,2,4,12H2/p+1/t7-/m1/s1. The zero-order valence-corrected chi connectivity index (χ0v) is 7.02. The van der Waals surface area contributed by atoms with Gasteiger partial charge in [-0.25, -0.2) is 8.78 Å². The molecule has 2 nitrogen and oxygen atoms in total. The van der Waals surface area contributed by atoms with Crippen molar-refractivity contribution in [2.24, 2.45) is 0 Å². The largest absolute Gasteiger partial charge is 0.484 e. The van der Waals surface area contributed by atoms with E-state index in [9.17, 15) is 8.78 Å². The molecule has 1 aromatic rings. The van der Waals surface area contributed by atoms with Crippen molar-refractivity contribution >= 4 is 0 Å². The minimum atomic E-state index is -0.623. The highest BCUT2D eigenvalue weighted by Gasteiger charge is 2.22. The van der Waals surface area contributed by atoms with Crippen LogP contribution < -0.4 is 10.5 Å². The van der Waals surface area contributed by atoms with Crippen LogP contribution in [0.3, 0.4) is 0 Å². The molecule has 0 aromatic heterocycles. The fourth-order valence-corrected chi connectivity index (χ4v) is 1.50. The van der Waals surface area contributed by atoms with E-state index in [1.54, 1.807) is 0 Å². The molecule has 70 valence electrons. The minimum absolute atomic E-state index is 0.0775. The van der Waals surface area contributed by atoms with Crippen molar-refractivity contribution in [3.05, 3.63) is 29.3 Å². The Balaban J connectivity index is 2.47. The maximum Gasteiger partial charge on any atom is 0.168 e. The molecule has 0 saturated carbocycles. The monoisotopic (exact) mass is 186 g/mol. The first-order chi connectivity index (χ1) is 6.16. The summed E-state index contributed by atoms with van der Waals surface area (Å²) in [5.41, 5.74) is 4.36. The van der Waals surface area contributed by atoms with Gasteiger partial charge in [-0.2, -0.15) is 0 Å². The van der Waals surface area contributed by atoms with Gasteiger partial charge >= 0.3 is 0 Å². The molecule has 0 spiro atoms. The predicted octanol–water partition coefficient (Wildman–Crippen LogP) is 0.510. The van der Waals surface area contributed by atoms with Gasteiger partial charge in [0.1, 0.15) is 18.5 Å². The molecule has 0 saturated heterocycles. The molecule has 1 aliphatic rings. The number of hydrogen-bond donors (Lipinski definition) is 1. The third kappa shape index (κ3) is 1.49. The molecule has 3 N–H and O–H groups in total. The van der Waals surface area contributed by atoms with E-state index in [0.29, 0.717) is 18.6 Å². The van der Waals surface area contributed by atoms with Gasteiger partial charge < -0.3 is 10.5 Å². The summed E-state index contributed by atoms with van der Waals surface area (Å²) in [6.45, 7) is 0.398. The van der Waals surface area contributed by atoms with E-state index in [1.165, 1.54) is 6.07 Å². The van der Waals surface area contributed by atoms with Crippen molar-refractivity contribution in [1.82, 2.24) is 0 Å². The van der Waals surface area contributed by atoms with E-state index in [-0.39, 0.29) is 11.8 Å². The second-order valence-corrected chi connectivity index (χ2v) is 3.26. The number of quaternary nitrogens is 1. The molecule has 0 bridgehead atoms. The normalized spacial score (nSPS) is 20.7. The SMILES string of the molecule is [NH3+][C@H]1COc2c(F)cc(F)cc2C1. The fourth-order valence-electron chi connectivity index (χ4n) is 1.50. The van der Waals surface area contributed by atoms with Crippen LogP contribution in [-0.2, 0) is 6.42 Å². The maximum atomic E-state index is 13.1. The van der Waals surface area contributed by atoms with Gasteiger partial charge in [0.2, 0.25) is 0 Å². The predicted molar refractivity (Wildman–Crippen MR) is 42.2 cm³/mol. The molecule has 13 heavy (non-hydrogen) atoms. The Morgan fingerprint density at radius 1 is 1.38 bits per heavy atom. The summed E-state index contributed by atoms with van der Waals surface area (Å²) in [4.78, 5) is 0. The Bertz CT molecular complexity index is 341. The highest BCUT2D eigenvalue weighted by atomic mass is 19.1. The van der Waals surface area contributed by atoms with Crippen LogP contribution in [-0.4, -0.2) is 12.6 Å². The first-order valence-corrected chi connectivity index (χ1v) is 4.10. The molecule has 1 heterocycles. The van der Waals surface area contributed by atoms with Crippen molar-refractivity contribution in [3.63, 3.8) is 0 Å². The Kier molecular flexibility index (Phi) is 1.92. The first-order valence-electron chi connectivity index (χ1n) is 4.10. The molecule has 1 aliphatic heterocycles. The summed E-state index contributed by atoms with van der Waals surface area (Å²) in [5, 5.41) is 0. The van der Waals surface area contributed by atoms with E-state index in [4.69, 9.17) is 4.74 Å². The second-order valence-electron chi connectivity index (χ2n) is 3.26. The number of halogens is 2. The van der Waals surface area contributed by atoms with Gasteiger partial charge in [0, 0.05) is 18.1 Å². The minimum Gasteiger partial charge on any atom is -0.484 e. The Labute approximate surface area is 74.3 Å². The average molecular weight is 186 g/mol. The number of benzene rings is 1. The van der Waals surface area contributed by atoms with Crippen molar-refractivity contribution < 1.29 is 19.3 Å². The molecule has 1 aromatic carbocycles. The van der Waals surface area contributed by atoms with Gasteiger partial charge in [0.05, 0.1) is 0 Å². The van der Waals surface area contributed by atoms with Gasteiger partial charge in [-0.15, -0.1) is 0 Å². The summed E-state index contributed by atoms with van der Waals surface area (Å²) in [6, 6.07) is 2.21. The van der Waals surface area contributed by atoms with E-state index < -0.39 is 11.6 Å². The number of hydrogen-bond acceptors (Lipinski definition) is 1. The maximum absolute atomic E-state index is 13.1. The lowest BCUT2D eigenvalue weighted by Gasteiger charge is -2.20. The third-order valence-electron chi connectivity index (χ3n) is 2.06. The molecule has 2 rings (SSSR count). The Morgan fingerprint density at radius 2 is 2.15 bits per heavy atom. The van der Waals surface area contributed by atoms with Gasteiger partial charge in [-0.1, -0.05) is 0 Å². The first kappa shape index (κ1) is 8.44. The highest BCUT2D eigenvalue weighted by Crippen LogP contribution is 2.27. The zero-order valence-electron chi connectivity index (χ0n) is 7.02. The smallest absolute Gasteiger partial charge is 0.168 e. The van der Waals surface area contributed by atoms with Crippen molar-refractivity contribution in [2.75, 3.05) is 6.61 Å². The van der Waals surface area contributed by atoms with Gasteiger partial charge in [0.25, 0.3) is 0 Å². The van der Waals surface area contributed by atoms with Crippen molar-refractivity contribution in [2.45, 2.75) is 12.5 Å². The van der Waals surface area contributed by atoms with Crippen molar-refractivity contribution in [1.29, 1.82) is 0 Å². The quantitative estimate of drug-likeness (QED) is 0.629. The fraction of sp³-hybridized carbons (Fsp3) is 0.333. The lowest BCUT2D eigenvalue weighted by Crippen LogP contribution is -2.65. The summed E-state index contributed by atoms with van der Waals surface area (Å²) >= 11 is 0. The van der Waals surface area contributed by atoms with Gasteiger partial charge in [0.15, 0.2) is 11.6 Å². The zero-order chi connectivity index (χ0) is 9.42. The van der Waals surface area contributed by atoms with Gasteiger partial charge in [-0.05, 0) is 6.07 Å². The lowest BCUT2D eigenvalue weighted by atomic mass is 10.0. The summed E-state index contributed by atoms with van der Waals surface area (Å²) in [6.07, 6.45) is 0.573. The second kappa shape index (κ2) is 2.96. The van der Waals surface area contributed by atoms with Crippen LogP contribution in [0.25, 0.3) is 0 Å². The van der Waals surface area contributed by atoms with Crippen LogP contribution in [0.15, 0.2) is 12.1 Å².